The molecule has 8 nitrogen and oxygen atoms in total. The first-order chi connectivity index (χ1) is 15.4. The van der Waals surface area contributed by atoms with Gasteiger partial charge < -0.3 is 10.2 Å². The molecule has 2 fully saturated rings. The number of nitrogens with one attached hydrogen (secondary N) is 1. The standard InChI is InChI=1S/C23H22N4O4S/c1-2-25-18-11-10-17(27(30)31)12-15(18)13-23(19(25)14-6-4-3-5-7-14)20(28)24-22(32)26(21(23)29)16-8-9-16/h3-7,10-12,16,19H,2,8-9,13H2,1H3,(H,24,28,32)/t19-,23-/m0/s1. The number of benzene rings is 2. The number of rotatable bonds is 4. The predicted octanol–water partition coefficient (Wildman–Crippen LogP) is 3.11. The molecule has 2 amide bonds. The number of hydrogen-bond donors (Lipinski definition) is 1. The molecule has 5 rings (SSSR count). The molecule has 9 heteroatoms. The molecule has 164 valence electrons. The van der Waals surface area contributed by atoms with E-state index in [4.69, 9.17) is 12.2 Å². The van der Waals surface area contributed by atoms with Crippen molar-refractivity contribution < 1.29 is 14.5 Å². The fourth-order valence-corrected chi connectivity index (χ4v) is 5.42. The van der Waals surface area contributed by atoms with Crippen molar-refractivity contribution in [2.24, 2.45) is 5.41 Å². The normalized spacial score (nSPS) is 25.0. The smallest absolute Gasteiger partial charge is 0.269 e. The quantitative estimate of drug-likeness (QED) is 0.333. The lowest BCUT2D eigenvalue weighted by Crippen LogP contribution is -2.69. The van der Waals surface area contributed by atoms with Crippen LogP contribution in [0.2, 0.25) is 0 Å². The summed E-state index contributed by atoms with van der Waals surface area (Å²) < 4.78 is 0. The van der Waals surface area contributed by atoms with E-state index in [2.05, 4.69) is 5.32 Å². The summed E-state index contributed by atoms with van der Waals surface area (Å²) in [5.41, 5.74) is 0.700. The highest BCUT2D eigenvalue weighted by molar-refractivity contribution is 7.80. The van der Waals surface area contributed by atoms with Gasteiger partial charge in [-0.15, -0.1) is 0 Å². The highest BCUT2D eigenvalue weighted by atomic mass is 32.1. The van der Waals surface area contributed by atoms with E-state index in [1.807, 2.05) is 42.2 Å². The first kappa shape index (κ1) is 20.6. The first-order valence-corrected chi connectivity index (χ1v) is 11.1. The number of nitro groups is 1. The van der Waals surface area contributed by atoms with Gasteiger partial charge in [0.15, 0.2) is 10.5 Å². The molecule has 1 spiro atoms. The van der Waals surface area contributed by atoms with E-state index in [-0.39, 0.29) is 29.2 Å². The van der Waals surface area contributed by atoms with Crippen LogP contribution in [0, 0.1) is 15.5 Å². The lowest BCUT2D eigenvalue weighted by atomic mass is 9.66. The maximum absolute atomic E-state index is 14.1. The van der Waals surface area contributed by atoms with E-state index >= 15 is 0 Å². The lowest BCUT2D eigenvalue weighted by molar-refractivity contribution is -0.384. The van der Waals surface area contributed by atoms with E-state index in [0.717, 1.165) is 24.1 Å². The minimum Gasteiger partial charge on any atom is -0.363 e. The molecule has 1 N–H and O–H groups in total. The Balaban J connectivity index is 1.75. The minimum absolute atomic E-state index is 0.00881. The van der Waals surface area contributed by atoms with Gasteiger partial charge in [0.1, 0.15) is 0 Å². The molecule has 0 bridgehead atoms. The third-order valence-electron chi connectivity index (χ3n) is 6.64. The summed E-state index contributed by atoms with van der Waals surface area (Å²) in [5, 5.41) is 14.4. The first-order valence-electron chi connectivity index (χ1n) is 10.7. The monoisotopic (exact) mass is 450 g/mol. The third kappa shape index (κ3) is 2.91. The average Bonchev–Trinajstić information content (AvgIpc) is 3.61. The Morgan fingerprint density at radius 3 is 2.53 bits per heavy atom. The molecule has 1 saturated carbocycles. The van der Waals surface area contributed by atoms with Gasteiger partial charge in [-0.05, 0) is 49.2 Å². The van der Waals surface area contributed by atoms with Crippen LogP contribution in [0.5, 0.6) is 0 Å². The summed E-state index contributed by atoms with van der Waals surface area (Å²) in [6.07, 6.45) is 1.75. The molecule has 0 aromatic heterocycles. The van der Waals surface area contributed by atoms with Gasteiger partial charge in [-0.1, -0.05) is 30.3 Å². The van der Waals surface area contributed by atoms with E-state index in [0.29, 0.717) is 12.1 Å². The molecule has 2 aromatic carbocycles. The molecule has 1 aliphatic carbocycles. The molecule has 3 aliphatic rings. The summed E-state index contributed by atoms with van der Waals surface area (Å²) in [6.45, 7) is 2.47. The Hall–Kier alpha value is -3.33. The molecule has 2 atom stereocenters. The van der Waals surface area contributed by atoms with Gasteiger partial charge in [0.25, 0.3) is 5.69 Å². The Labute approximate surface area is 190 Å². The van der Waals surface area contributed by atoms with Crippen LogP contribution in [0.25, 0.3) is 0 Å². The van der Waals surface area contributed by atoms with Crippen molar-refractivity contribution >= 4 is 40.5 Å². The topological polar surface area (TPSA) is 95.8 Å². The zero-order chi connectivity index (χ0) is 22.6. The van der Waals surface area contributed by atoms with E-state index in [1.54, 1.807) is 11.0 Å². The van der Waals surface area contributed by atoms with Gasteiger partial charge in [0, 0.05) is 36.8 Å². The van der Waals surface area contributed by atoms with Gasteiger partial charge in [-0.25, -0.2) is 0 Å². The van der Waals surface area contributed by atoms with Crippen LogP contribution in [0.15, 0.2) is 48.5 Å². The number of carbonyl (C=O) groups is 2. The van der Waals surface area contributed by atoms with E-state index in [9.17, 15) is 19.7 Å². The van der Waals surface area contributed by atoms with Crippen LogP contribution < -0.4 is 10.2 Å². The predicted molar refractivity (Wildman–Crippen MR) is 122 cm³/mol. The molecule has 0 unspecified atom stereocenters. The summed E-state index contributed by atoms with van der Waals surface area (Å²) in [7, 11) is 0. The molecule has 2 heterocycles. The van der Waals surface area contributed by atoms with Crippen LogP contribution in [0.1, 0.15) is 36.9 Å². The van der Waals surface area contributed by atoms with Crippen molar-refractivity contribution in [3.8, 4) is 0 Å². The highest BCUT2D eigenvalue weighted by Gasteiger charge is 2.63. The number of amides is 2. The largest absolute Gasteiger partial charge is 0.363 e. The van der Waals surface area contributed by atoms with Crippen LogP contribution >= 0.6 is 12.2 Å². The van der Waals surface area contributed by atoms with Gasteiger partial charge >= 0.3 is 0 Å². The minimum atomic E-state index is -1.48. The number of fused-ring (bicyclic) bond motifs is 1. The number of nitro benzene ring substituents is 1. The summed E-state index contributed by atoms with van der Waals surface area (Å²) in [5.74, 6) is -0.771. The second-order valence-electron chi connectivity index (χ2n) is 8.48. The average molecular weight is 451 g/mol. The molecule has 2 aliphatic heterocycles. The maximum Gasteiger partial charge on any atom is 0.269 e. The second-order valence-corrected chi connectivity index (χ2v) is 8.87. The molecule has 32 heavy (non-hydrogen) atoms. The number of carbonyl (C=O) groups excluding carboxylic acids is 2. The zero-order valence-corrected chi connectivity index (χ0v) is 18.3. The van der Waals surface area contributed by atoms with Gasteiger partial charge in [0.2, 0.25) is 11.8 Å². The Bertz CT molecular complexity index is 1150. The highest BCUT2D eigenvalue weighted by Crippen LogP contribution is 2.53. The van der Waals surface area contributed by atoms with E-state index in [1.165, 1.54) is 12.1 Å². The van der Waals surface area contributed by atoms with Crippen LogP contribution in [-0.2, 0) is 16.0 Å². The fraction of sp³-hybridized carbons (Fsp3) is 0.348. The second kappa shape index (κ2) is 7.37. The van der Waals surface area contributed by atoms with Crippen LogP contribution in [-0.4, -0.2) is 39.3 Å². The maximum atomic E-state index is 14.1. The third-order valence-corrected chi connectivity index (χ3v) is 6.94. The molecular formula is C23H22N4O4S. The van der Waals surface area contributed by atoms with Crippen molar-refractivity contribution in [3.05, 3.63) is 69.8 Å². The van der Waals surface area contributed by atoms with Gasteiger partial charge in [0.05, 0.1) is 11.0 Å². The van der Waals surface area contributed by atoms with E-state index < -0.39 is 22.3 Å². The van der Waals surface area contributed by atoms with Crippen molar-refractivity contribution in [2.75, 3.05) is 11.4 Å². The molecule has 2 aromatic rings. The lowest BCUT2D eigenvalue weighted by Gasteiger charge is -2.52. The molecule has 0 radical (unpaired) electrons. The SMILES string of the molecule is CCN1c2ccc([N+](=O)[O-])cc2C[C@@]2(C(=O)NC(=S)N(C3CC3)C2=O)[C@@H]1c1ccccc1. The van der Waals surface area contributed by atoms with Crippen molar-refractivity contribution in [1.29, 1.82) is 0 Å². The van der Waals surface area contributed by atoms with Crippen molar-refractivity contribution in [2.45, 2.75) is 38.3 Å². The summed E-state index contributed by atoms with van der Waals surface area (Å²) in [4.78, 5) is 42.3. The van der Waals surface area contributed by atoms with Crippen LogP contribution in [0.3, 0.4) is 0 Å². The van der Waals surface area contributed by atoms with Gasteiger partial charge in [-0.2, -0.15) is 0 Å². The summed E-state index contributed by atoms with van der Waals surface area (Å²) >= 11 is 5.37. The Kier molecular flexibility index (Phi) is 4.74. The number of nitrogens with zero attached hydrogens (tertiary/aromatic N) is 3. The number of non-ortho nitro benzene ring substituents is 1. The molecular weight excluding hydrogens is 428 g/mol. The number of thiocarbonyl (C=S) groups is 1. The molecule has 1 saturated heterocycles. The van der Waals surface area contributed by atoms with Gasteiger partial charge in [-0.3, -0.25) is 24.6 Å². The van der Waals surface area contributed by atoms with Crippen molar-refractivity contribution in [3.63, 3.8) is 0 Å². The Morgan fingerprint density at radius 2 is 1.91 bits per heavy atom. The summed E-state index contributed by atoms with van der Waals surface area (Å²) in [6, 6.07) is 13.6. The Morgan fingerprint density at radius 1 is 1.19 bits per heavy atom. The zero-order valence-electron chi connectivity index (χ0n) is 17.5. The number of hydrogen-bond acceptors (Lipinski definition) is 6. The van der Waals surface area contributed by atoms with Crippen molar-refractivity contribution in [1.82, 2.24) is 10.2 Å². The fourth-order valence-electron chi connectivity index (χ4n) is 5.10. The number of anilines is 1. The van der Waals surface area contributed by atoms with Crippen LogP contribution in [0.4, 0.5) is 11.4 Å².